The fourth-order valence-corrected chi connectivity index (χ4v) is 4.20. The predicted molar refractivity (Wildman–Crippen MR) is 115 cm³/mol. The molecule has 1 saturated carbocycles. The topological polar surface area (TPSA) is 46.1 Å². The van der Waals surface area contributed by atoms with Crippen LogP contribution in [-0.2, 0) is 6.54 Å². The lowest BCUT2D eigenvalue weighted by Gasteiger charge is -2.38. The van der Waals surface area contributed by atoms with E-state index in [9.17, 15) is 0 Å². The van der Waals surface area contributed by atoms with Gasteiger partial charge in [0.05, 0.1) is 14.2 Å². The summed E-state index contributed by atoms with van der Waals surface area (Å²) in [6, 6.07) is 3.94. The van der Waals surface area contributed by atoms with Gasteiger partial charge in [0.15, 0.2) is 17.5 Å². The third-order valence-corrected chi connectivity index (χ3v) is 6.09. The Kier molecular flexibility index (Phi) is 7.25. The third-order valence-electron chi connectivity index (χ3n) is 5.35. The second-order valence-electron chi connectivity index (χ2n) is 6.72. The second-order valence-corrected chi connectivity index (χ2v) is 7.58. The number of halogens is 2. The smallest absolute Gasteiger partial charge is 0.193 e. The Bertz CT molecular complexity index is 635. The van der Waals surface area contributed by atoms with E-state index in [1.54, 1.807) is 14.2 Å². The molecule has 2 fully saturated rings. The van der Waals surface area contributed by atoms with Crippen molar-refractivity contribution in [3.63, 3.8) is 0 Å². The van der Waals surface area contributed by atoms with Crippen molar-refractivity contribution < 1.29 is 9.47 Å². The second kappa shape index (κ2) is 8.79. The molecule has 1 aromatic rings. The van der Waals surface area contributed by atoms with Crippen molar-refractivity contribution in [2.45, 2.75) is 32.2 Å². The van der Waals surface area contributed by atoms with Crippen molar-refractivity contribution in [1.29, 1.82) is 0 Å². The van der Waals surface area contributed by atoms with Gasteiger partial charge < -0.3 is 19.7 Å². The molecule has 3 rings (SSSR count). The maximum atomic E-state index is 5.40. The van der Waals surface area contributed by atoms with E-state index in [0.29, 0.717) is 12.0 Å². The van der Waals surface area contributed by atoms with Gasteiger partial charge in [0.2, 0.25) is 0 Å². The van der Waals surface area contributed by atoms with Gasteiger partial charge in [-0.1, -0.05) is 22.4 Å². The number of nitrogens with zero attached hydrogens (tertiary/aromatic N) is 2. The van der Waals surface area contributed by atoms with Crippen LogP contribution < -0.4 is 14.8 Å². The summed E-state index contributed by atoms with van der Waals surface area (Å²) in [4.78, 5) is 6.87. The summed E-state index contributed by atoms with van der Waals surface area (Å²) in [6.07, 6.45) is 5.44. The Hall–Kier alpha value is -0.700. The number of likely N-dealkylation sites (tertiary alicyclic amines) is 1. The lowest BCUT2D eigenvalue weighted by atomic mass is 9.68. The molecule has 0 bridgehead atoms. The van der Waals surface area contributed by atoms with Crippen LogP contribution in [0.15, 0.2) is 21.6 Å². The molecule has 1 aromatic carbocycles. The van der Waals surface area contributed by atoms with E-state index in [1.165, 1.54) is 25.7 Å². The van der Waals surface area contributed by atoms with E-state index in [4.69, 9.17) is 9.47 Å². The quantitative estimate of drug-likeness (QED) is 0.367. The zero-order chi connectivity index (χ0) is 17.2. The molecule has 140 valence electrons. The van der Waals surface area contributed by atoms with Crippen LogP contribution in [0.4, 0.5) is 0 Å². The number of methoxy groups -OCH3 is 2. The highest BCUT2D eigenvalue weighted by molar-refractivity contribution is 14.0. The Morgan fingerprint density at radius 2 is 1.92 bits per heavy atom. The predicted octanol–water partition coefficient (Wildman–Crippen LogP) is 4.04. The molecule has 1 N–H and O–H groups in total. The molecule has 2 aliphatic rings. The number of hydrogen-bond acceptors (Lipinski definition) is 3. The van der Waals surface area contributed by atoms with Gasteiger partial charge in [0.25, 0.3) is 0 Å². The van der Waals surface area contributed by atoms with Crippen LogP contribution in [0.1, 0.15) is 31.2 Å². The number of aliphatic imine (C=N–C) groups is 1. The molecule has 7 heteroatoms. The number of nitrogens with one attached hydrogen (secondary N) is 1. The van der Waals surface area contributed by atoms with Gasteiger partial charge in [-0.05, 0) is 42.4 Å². The normalized spacial score (nSPS) is 18.6. The van der Waals surface area contributed by atoms with Gasteiger partial charge >= 0.3 is 0 Å². The van der Waals surface area contributed by atoms with E-state index in [0.717, 1.165) is 40.6 Å². The molecule has 1 spiro atoms. The number of ether oxygens (including phenoxy) is 2. The molecule has 0 unspecified atom stereocenters. The fraction of sp³-hybridized carbons (Fsp3) is 0.611. The first-order valence-corrected chi connectivity index (χ1v) is 9.26. The highest BCUT2D eigenvalue weighted by Gasteiger charge is 2.43. The summed E-state index contributed by atoms with van der Waals surface area (Å²) < 4.78 is 11.7. The molecule has 1 aliphatic heterocycles. The first kappa shape index (κ1) is 20.6. The molecule has 1 heterocycles. The summed E-state index contributed by atoms with van der Waals surface area (Å²) in [5.74, 6) is 2.45. The largest absolute Gasteiger partial charge is 0.493 e. The van der Waals surface area contributed by atoms with E-state index in [-0.39, 0.29) is 24.0 Å². The minimum atomic E-state index is 0. The van der Waals surface area contributed by atoms with Crippen LogP contribution in [0.3, 0.4) is 0 Å². The van der Waals surface area contributed by atoms with Gasteiger partial charge in [-0.2, -0.15) is 0 Å². The highest BCUT2D eigenvalue weighted by Crippen LogP contribution is 2.47. The number of hydrogen-bond donors (Lipinski definition) is 1. The molecule has 0 aromatic heterocycles. The van der Waals surface area contributed by atoms with Gasteiger partial charge in [-0.25, -0.2) is 0 Å². The van der Waals surface area contributed by atoms with Crippen molar-refractivity contribution >= 4 is 45.9 Å². The van der Waals surface area contributed by atoms with Crippen molar-refractivity contribution in [3.8, 4) is 11.5 Å². The summed E-state index contributed by atoms with van der Waals surface area (Å²) in [7, 11) is 5.16. The number of rotatable bonds is 4. The zero-order valence-corrected chi connectivity index (χ0v) is 19.0. The van der Waals surface area contributed by atoms with E-state index in [1.807, 2.05) is 19.2 Å². The minimum absolute atomic E-state index is 0. The van der Waals surface area contributed by atoms with Crippen LogP contribution >= 0.6 is 39.9 Å². The van der Waals surface area contributed by atoms with Crippen molar-refractivity contribution in [2.24, 2.45) is 10.4 Å². The van der Waals surface area contributed by atoms with E-state index in [2.05, 4.69) is 31.1 Å². The molecule has 0 amide bonds. The van der Waals surface area contributed by atoms with Gasteiger partial charge in [0, 0.05) is 31.2 Å². The minimum Gasteiger partial charge on any atom is -0.493 e. The first-order chi connectivity index (χ1) is 11.6. The van der Waals surface area contributed by atoms with Crippen LogP contribution in [0.25, 0.3) is 0 Å². The summed E-state index contributed by atoms with van der Waals surface area (Å²) in [5, 5.41) is 3.49. The molecule has 25 heavy (non-hydrogen) atoms. The van der Waals surface area contributed by atoms with Crippen molar-refractivity contribution in [3.05, 3.63) is 22.2 Å². The zero-order valence-electron chi connectivity index (χ0n) is 15.1. The Morgan fingerprint density at radius 1 is 1.24 bits per heavy atom. The molecule has 5 nitrogen and oxygen atoms in total. The van der Waals surface area contributed by atoms with E-state index < -0.39 is 0 Å². The molecule has 0 atom stereocenters. The Morgan fingerprint density at radius 3 is 2.44 bits per heavy atom. The lowest BCUT2D eigenvalue weighted by Crippen LogP contribution is -2.42. The van der Waals surface area contributed by atoms with Crippen LogP contribution in [0.5, 0.6) is 11.5 Å². The number of benzene rings is 1. The molecule has 1 saturated heterocycles. The SMILES string of the molecule is CN=C(NCc1cc(OC)c(OC)cc1Br)N1CCC2(CCC2)C1.I. The third kappa shape index (κ3) is 4.35. The fourth-order valence-electron chi connectivity index (χ4n) is 3.74. The van der Waals surface area contributed by atoms with Crippen molar-refractivity contribution in [1.82, 2.24) is 10.2 Å². The molecular weight excluding hydrogens is 497 g/mol. The monoisotopic (exact) mass is 523 g/mol. The summed E-state index contributed by atoms with van der Waals surface area (Å²) >= 11 is 3.62. The molecule has 1 aliphatic carbocycles. The maximum absolute atomic E-state index is 5.40. The lowest BCUT2D eigenvalue weighted by molar-refractivity contribution is 0.151. The van der Waals surface area contributed by atoms with Crippen LogP contribution in [-0.4, -0.2) is 45.2 Å². The van der Waals surface area contributed by atoms with Gasteiger partial charge in [-0.15, -0.1) is 24.0 Å². The Balaban J connectivity index is 0.00000225. The molecule has 0 radical (unpaired) electrons. The average molecular weight is 524 g/mol. The summed E-state index contributed by atoms with van der Waals surface area (Å²) in [5.41, 5.74) is 1.69. The average Bonchev–Trinajstić information content (AvgIpc) is 3.02. The van der Waals surface area contributed by atoms with Gasteiger partial charge in [-0.3, -0.25) is 4.99 Å². The maximum Gasteiger partial charge on any atom is 0.193 e. The molecular formula is C18H27BrIN3O2. The highest BCUT2D eigenvalue weighted by atomic mass is 127. The van der Waals surface area contributed by atoms with Crippen LogP contribution in [0, 0.1) is 5.41 Å². The first-order valence-electron chi connectivity index (χ1n) is 8.47. The van der Waals surface area contributed by atoms with Crippen LogP contribution in [0.2, 0.25) is 0 Å². The standard InChI is InChI=1S/C18H26BrN3O2.HI/c1-20-17(22-8-7-18(12-22)5-4-6-18)21-11-13-9-15(23-2)16(24-3)10-14(13)19;/h9-10H,4-8,11-12H2,1-3H3,(H,20,21);1H. The number of guanidine groups is 1. The summed E-state index contributed by atoms with van der Waals surface area (Å²) in [6.45, 7) is 2.93. The van der Waals surface area contributed by atoms with Crippen molar-refractivity contribution in [2.75, 3.05) is 34.4 Å². The Labute approximate surface area is 175 Å². The van der Waals surface area contributed by atoms with E-state index >= 15 is 0 Å². The van der Waals surface area contributed by atoms with Gasteiger partial charge in [0.1, 0.15) is 0 Å².